The Morgan fingerprint density at radius 2 is 1.96 bits per heavy atom. The molecule has 0 fully saturated rings. The number of ether oxygens (including phenoxy) is 1. The van der Waals surface area contributed by atoms with E-state index in [1.54, 1.807) is 7.11 Å². The first kappa shape index (κ1) is 16.8. The molecular weight excluding hydrogens is 340 g/mol. The molecule has 0 aliphatic heterocycles. The van der Waals surface area contributed by atoms with E-state index >= 15 is 0 Å². The summed E-state index contributed by atoms with van der Waals surface area (Å²) in [6.45, 7) is 0.741. The van der Waals surface area contributed by atoms with Crippen LogP contribution in [0.4, 0.5) is 11.5 Å². The highest BCUT2D eigenvalue weighted by atomic mass is 16.5. The van der Waals surface area contributed by atoms with Gasteiger partial charge in [-0.1, -0.05) is 24.3 Å². The van der Waals surface area contributed by atoms with Gasteiger partial charge in [-0.2, -0.15) is 0 Å². The molecule has 0 amide bonds. The summed E-state index contributed by atoms with van der Waals surface area (Å²) in [6.07, 6.45) is 2.38. The van der Waals surface area contributed by atoms with Crippen molar-refractivity contribution in [2.24, 2.45) is 0 Å². The van der Waals surface area contributed by atoms with Crippen LogP contribution >= 0.6 is 0 Å². The van der Waals surface area contributed by atoms with E-state index in [2.05, 4.69) is 37.4 Å². The van der Waals surface area contributed by atoms with Crippen molar-refractivity contribution in [1.82, 2.24) is 19.9 Å². The van der Waals surface area contributed by atoms with Crippen molar-refractivity contribution < 1.29 is 4.74 Å². The fraction of sp³-hybridized carbons (Fsp3) is 0.150. The van der Waals surface area contributed by atoms with Crippen molar-refractivity contribution in [2.75, 3.05) is 24.7 Å². The Labute approximate surface area is 156 Å². The topological polar surface area (TPSA) is 102 Å². The summed E-state index contributed by atoms with van der Waals surface area (Å²) in [6, 6.07) is 15.6. The maximum absolute atomic E-state index is 5.87. The Balaban J connectivity index is 1.51. The second-order valence-electron chi connectivity index (χ2n) is 6.16. The summed E-state index contributed by atoms with van der Waals surface area (Å²) in [5.74, 6) is 2.31. The molecule has 0 spiro atoms. The van der Waals surface area contributed by atoms with Gasteiger partial charge in [0.1, 0.15) is 23.4 Å². The molecule has 0 radical (unpaired) electrons. The van der Waals surface area contributed by atoms with E-state index in [0.29, 0.717) is 11.3 Å². The Kier molecular flexibility index (Phi) is 4.57. The highest BCUT2D eigenvalue weighted by Crippen LogP contribution is 2.24. The number of nitrogens with two attached hydrogens (primary N) is 1. The number of benzene rings is 2. The third-order valence-electron chi connectivity index (χ3n) is 4.31. The van der Waals surface area contributed by atoms with Crippen LogP contribution in [0, 0.1) is 0 Å². The molecule has 0 bridgehead atoms. The van der Waals surface area contributed by atoms with Gasteiger partial charge in [0, 0.05) is 17.8 Å². The number of rotatable bonds is 6. The smallest absolute Gasteiger partial charge is 0.183 e. The van der Waals surface area contributed by atoms with Crippen molar-refractivity contribution in [3.05, 3.63) is 60.4 Å². The molecule has 0 saturated carbocycles. The number of anilines is 2. The largest absolute Gasteiger partial charge is 0.497 e. The van der Waals surface area contributed by atoms with Gasteiger partial charge in [-0.25, -0.2) is 15.0 Å². The van der Waals surface area contributed by atoms with Gasteiger partial charge in [-0.15, -0.1) is 0 Å². The monoisotopic (exact) mass is 360 g/mol. The van der Waals surface area contributed by atoms with Gasteiger partial charge in [-0.3, -0.25) is 0 Å². The summed E-state index contributed by atoms with van der Waals surface area (Å²) in [5.41, 5.74) is 10.1. The molecule has 0 saturated heterocycles. The number of aromatic amines is 1. The third-order valence-corrected chi connectivity index (χ3v) is 4.31. The molecule has 2 aromatic carbocycles. The number of nitrogens with one attached hydrogen (secondary N) is 2. The zero-order chi connectivity index (χ0) is 18.6. The van der Waals surface area contributed by atoms with E-state index in [9.17, 15) is 0 Å². The second kappa shape index (κ2) is 7.33. The number of H-pyrrole nitrogens is 1. The maximum atomic E-state index is 5.87. The minimum absolute atomic E-state index is 0.620. The second-order valence-corrected chi connectivity index (χ2v) is 6.16. The standard InChI is InChI=1S/C20H20N6O/c1-27-16-7-5-13(6-8-16)9-10-22-19-17-20(24-12-23-19)26-18(25-17)14-3-2-4-15(21)11-14/h2-8,11-12H,9-10,21H2,1H3,(H2,22,23,24,25,26). The lowest BCUT2D eigenvalue weighted by Crippen LogP contribution is -2.07. The van der Waals surface area contributed by atoms with Crippen molar-refractivity contribution in [3.63, 3.8) is 0 Å². The molecule has 7 heteroatoms. The Hall–Kier alpha value is -3.61. The van der Waals surface area contributed by atoms with Crippen LogP contribution in [0.3, 0.4) is 0 Å². The van der Waals surface area contributed by atoms with Crippen LogP contribution in [-0.2, 0) is 6.42 Å². The molecule has 0 aliphatic rings. The molecule has 0 atom stereocenters. The first-order valence-electron chi connectivity index (χ1n) is 8.66. The fourth-order valence-electron chi connectivity index (χ4n) is 2.90. The van der Waals surface area contributed by atoms with Crippen LogP contribution in [0.5, 0.6) is 5.75 Å². The zero-order valence-electron chi connectivity index (χ0n) is 14.9. The van der Waals surface area contributed by atoms with Gasteiger partial charge >= 0.3 is 0 Å². The highest BCUT2D eigenvalue weighted by Gasteiger charge is 2.11. The van der Waals surface area contributed by atoms with Crippen molar-refractivity contribution >= 4 is 22.7 Å². The minimum Gasteiger partial charge on any atom is -0.497 e. The number of aromatic nitrogens is 4. The summed E-state index contributed by atoms with van der Waals surface area (Å²) in [5, 5.41) is 3.36. The summed E-state index contributed by atoms with van der Waals surface area (Å²) < 4.78 is 5.19. The van der Waals surface area contributed by atoms with Crippen LogP contribution in [0.15, 0.2) is 54.9 Å². The van der Waals surface area contributed by atoms with E-state index in [1.165, 1.54) is 11.9 Å². The Morgan fingerprint density at radius 1 is 1.11 bits per heavy atom. The van der Waals surface area contributed by atoms with Gasteiger partial charge in [0.25, 0.3) is 0 Å². The van der Waals surface area contributed by atoms with E-state index in [4.69, 9.17) is 10.5 Å². The highest BCUT2D eigenvalue weighted by molar-refractivity contribution is 5.85. The van der Waals surface area contributed by atoms with Crippen LogP contribution < -0.4 is 15.8 Å². The SMILES string of the molecule is COc1ccc(CCNc2ncnc3nc(-c4cccc(N)c4)[nH]c23)cc1. The zero-order valence-corrected chi connectivity index (χ0v) is 14.9. The molecular formula is C20H20N6O. The maximum Gasteiger partial charge on any atom is 0.183 e. The molecule has 7 nitrogen and oxygen atoms in total. The number of fused-ring (bicyclic) bond motifs is 1. The summed E-state index contributed by atoms with van der Waals surface area (Å²) >= 11 is 0. The molecule has 4 N–H and O–H groups in total. The number of hydrogen-bond acceptors (Lipinski definition) is 6. The predicted molar refractivity (Wildman–Crippen MR) is 107 cm³/mol. The quantitative estimate of drug-likeness (QED) is 0.456. The van der Waals surface area contributed by atoms with Crippen LogP contribution in [-0.4, -0.2) is 33.6 Å². The number of methoxy groups -OCH3 is 1. The third kappa shape index (κ3) is 3.67. The van der Waals surface area contributed by atoms with Gasteiger partial charge in [0.2, 0.25) is 0 Å². The van der Waals surface area contributed by atoms with Gasteiger partial charge in [-0.05, 0) is 36.2 Å². The normalized spacial score (nSPS) is 10.9. The van der Waals surface area contributed by atoms with Gasteiger partial charge < -0.3 is 20.8 Å². The van der Waals surface area contributed by atoms with E-state index in [1.807, 2.05) is 36.4 Å². The van der Waals surface area contributed by atoms with Gasteiger partial charge in [0.05, 0.1) is 7.11 Å². The Bertz CT molecular complexity index is 1060. The van der Waals surface area contributed by atoms with E-state index < -0.39 is 0 Å². The minimum atomic E-state index is 0.620. The number of hydrogen-bond donors (Lipinski definition) is 3. The lowest BCUT2D eigenvalue weighted by atomic mass is 10.1. The summed E-state index contributed by atoms with van der Waals surface area (Å²) in [7, 11) is 1.67. The number of nitrogen functional groups attached to an aromatic ring is 1. The molecule has 136 valence electrons. The molecule has 0 unspecified atom stereocenters. The van der Waals surface area contributed by atoms with Crippen LogP contribution in [0.25, 0.3) is 22.6 Å². The average Bonchev–Trinajstić information content (AvgIpc) is 3.14. The van der Waals surface area contributed by atoms with Crippen molar-refractivity contribution in [2.45, 2.75) is 6.42 Å². The van der Waals surface area contributed by atoms with E-state index in [0.717, 1.165) is 41.4 Å². The van der Waals surface area contributed by atoms with Crippen LogP contribution in [0.1, 0.15) is 5.56 Å². The summed E-state index contributed by atoms with van der Waals surface area (Å²) in [4.78, 5) is 16.5. The van der Waals surface area contributed by atoms with E-state index in [-0.39, 0.29) is 0 Å². The predicted octanol–water partition coefficient (Wildman–Crippen LogP) is 3.27. The lowest BCUT2D eigenvalue weighted by Gasteiger charge is -2.07. The number of imidazole rings is 1. The van der Waals surface area contributed by atoms with Crippen molar-refractivity contribution in [1.29, 1.82) is 0 Å². The molecule has 4 aromatic rings. The molecule has 0 aliphatic carbocycles. The molecule has 27 heavy (non-hydrogen) atoms. The number of nitrogens with zero attached hydrogens (tertiary/aromatic N) is 3. The molecule has 2 aromatic heterocycles. The first-order valence-corrected chi connectivity index (χ1v) is 8.66. The first-order chi connectivity index (χ1) is 13.2. The molecule has 4 rings (SSSR count). The average molecular weight is 360 g/mol. The Morgan fingerprint density at radius 3 is 2.74 bits per heavy atom. The van der Waals surface area contributed by atoms with Gasteiger partial charge in [0.15, 0.2) is 11.5 Å². The fourth-order valence-corrected chi connectivity index (χ4v) is 2.90. The van der Waals surface area contributed by atoms with Crippen LogP contribution in [0.2, 0.25) is 0 Å². The molecule has 2 heterocycles. The van der Waals surface area contributed by atoms with Crippen molar-refractivity contribution in [3.8, 4) is 17.1 Å². The lowest BCUT2D eigenvalue weighted by molar-refractivity contribution is 0.414.